The van der Waals surface area contributed by atoms with Crippen LogP contribution in [0.2, 0.25) is 0 Å². The van der Waals surface area contributed by atoms with Gasteiger partial charge in [0.05, 0.1) is 6.54 Å². The standard InChI is InChI=1S/C18H33N5O2/c1-5-22-10-11-23(13-17(22)25)18(19-12-16(24)21(3)4)20-15-9-7-6-8-14(15)2/h14-15H,5-13H2,1-4H3,(H,19,20). The van der Waals surface area contributed by atoms with E-state index in [9.17, 15) is 9.59 Å². The molecule has 7 nitrogen and oxygen atoms in total. The number of hydrogen-bond acceptors (Lipinski definition) is 3. The summed E-state index contributed by atoms with van der Waals surface area (Å²) in [5, 5.41) is 3.56. The average Bonchev–Trinajstić information content (AvgIpc) is 2.59. The second-order valence-electron chi connectivity index (χ2n) is 7.34. The van der Waals surface area contributed by atoms with Gasteiger partial charge < -0.3 is 20.0 Å². The van der Waals surface area contributed by atoms with Crippen LogP contribution in [0.4, 0.5) is 0 Å². The Balaban J connectivity index is 2.09. The Bertz CT molecular complexity index is 506. The lowest BCUT2D eigenvalue weighted by Gasteiger charge is -2.38. The van der Waals surface area contributed by atoms with E-state index in [1.165, 1.54) is 19.3 Å². The molecule has 1 N–H and O–H groups in total. The van der Waals surface area contributed by atoms with Crippen molar-refractivity contribution in [3.8, 4) is 0 Å². The minimum atomic E-state index is -0.0329. The molecule has 2 fully saturated rings. The van der Waals surface area contributed by atoms with E-state index in [0.717, 1.165) is 19.5 Å². The summed E-state index contributed by atoms with van der Waals surface area (Å²) in [7, 11) is 3.47. The summed E-state index contributed by atoms with van der Waals surface area (Å²) in [5.74, 6) is 1.38. The Hall–Kier alpha value is -1.79. The number of hydrogen-bond donors (Lipinski definition) is 1. The van der Waals surface area contributed by atoms with Crippen molar-refractivity contribution in [1.29, 1.82) is 0 Å². The first-order valence-corrected chi connectivity index (χ1v) is 9.46. The molecule has 1 aliphatic carbocycles. The highest BCUT2D eigenvalue weighted by Gasteiger charge is 2.28. The summed E-state index contributed by atoms with van der Waals surface area (Å²) >= 11 is 0. The molecular weight excluding hydrogens is 318 g/mol. The molecule has 1 saturated heterocycles. The van der Waals surface area contributed by atoms with Gasteiger partial charge >= 0.3 is 0 Å². The van der Waals surface area contributed by atoms with Gasteiger partial charge in [0.1, 0.15) is 6.54 Å². The van der Waals surface area contributed by atoms with Crippen LogP contribution in [-0.2, 0) is 9.59 Å². The van der Waals surface area contributed by atoms with Crippen LogP contribution in [0.5, 0.6) is 0 Å². The molecule has 0 spiro atoms. The molecule has 142 valence electrons. The zero-order valence-corrected chi connectivity index (χ0v) is 16.1. The number of likely N-dealkylation sites (N-methyl/N-ethyl adjacent to an activating group) is 2. The normalized spacial score (nSPS) is 25.1. The van der Waals surface area contributed by atoms with E-state index in [1.54, 1.807) is 19.0 Å². The predicted octanol–water partition coefficient (Wildman–Crippen LogP) is 0.763. The Kier molecular flexibility index (Phi) is 7.08. The van der Waals surface area contributed by atoms with Gasteiger partial charge in [-0.1, -0.05) is 19.8 Å². The highest BCUT2D eigenvalue weighted by molar-refractivity contribution is 5.89. The van der Waals surface area contributed by atoms with Crippen molar-refractivity contribution < 1.29 is 9.59 Å². The molecular formula is C18H33N5O2. The first-order chi connectivity index (χ1) is 11.9. The minimum absolute atomic E-state index is 0.0329. The third-order valence-electron chi connectivity index (χ3n) is 5.29. The van der Waals surface area contributed by atoms with E-state index < -0.39 is 0 Å². The SMILES string of the molecule is CCN1CCN(C(=NCC(=O)N(C)C)NC2CCCCC2C)CC1=O. The second kappa shape index (κ2) is 9.06. The fourth-order valence-electron chi connectivity index (χ4n) is 3.44. The van der Waals surface area contributed by atoms with Crippen LogP contribution in [0, 0.1) is 5.92 Å². The molecule has 0 bridgehead atoms. The van der Waals surface area contributed by atoms with Crippen LogP contribution in [0.1, 0.15) is 39.5 Å². The first-order valence-electron chi connectivity index (χ1n) is 9.46. The number of guanidine groups is 1. The zero-order chi connectivity index (χ0) is 18.4. The van der Waals surface area contributed by atoms with Gasteiger partial charge in [-0.3, -0.25) is 9.59 Å². The number of nitrogens with zero attached hydrogens (tertiary/aromatic N) is 4. The fraction of sp³-hybridized carbons (Fsp3) is 0.833. The van der Waals surface area contributed by atoms with Crippen LogP contribution in [0.25, 0.3) is 0 Å². The van der Waals surface area contributed by atoms with Crippen molar-refractivity contribution in [3.63, 3.8) is 0 Å². The molecule has 0 aromatic heterocycles. The maximum atomic E-state index is 12.3. The van der Waals surface area contributed by atoms with Gasteiger partial charge in [0.25, 0.3) is 0 Å². The molecule has 2 aliphatic rings. The third-order valence-corrected chi connectivity index (χ3v) is 5.29. The Morgan fingerprint density at radius 1 is 1.28 bits per heavy atom. The van der Waals surface area contributed by atoms with Gasteiger partial charge in [0.15, 0.2) is 5.96 Å². The van der Waals surface area contributed by atoms with Gasteiger partial charge in [-0.15, -0.1) is 0 Å². The van der Waals surface area contributed by atoms with Crippen LogP contribution in [-0.4, -0.2) is 85.3 Å². The maximum absolute atomic E-state index is 12.3. The zero-order valence-electron chi connectivity index (χ0n) is 16.1. The fourth-order valence-corrected chi connectivity index (χ4v) is 3.44. The van der Waals surface area contributed by atoms with Crippen molar-refractivity contribution in [1.82, 2.24) is 20.0 Å². The summed E-state index contributed by atoms with van der Waals surface area (Å²) in [6.07, 6.45) is 4.82. The number of amides is 2. The van der Waals surface area contributed by atoms with Crippen LogP contribution in [0.15, 0.2) is 4.99 Å². The van der Waals surface area contributed by atoms with E-state index in [4.69, 9.17) is 0 Å². The number of carbonyl (C=O) groups excluding carboxylic acids is 2. The summed E-state index contributed by atoms with van der Waals surface area (Å²) in [4.78, 5) is 34.2. The van der Waals surface area contributed by atoms with E-state index in [2.05, 4.69) is 17.2 Å². The topological polar surface area (TPSA) is 68.2 Å². The molecule has 1 heterocycles. The summed E-state index contributed by atoms with van der Waals surface area (Å²) < 4.78 is 0. The second-order valence-corrected chi connectivity index (χ2v) is 7.34. The van der Waals surface area contributed by atoms with Crippen LogP contribution in [0.3, 0.4) is 0 Å². The average molecular weight is 351 g/mol. The van der Waals surface area contributed by atoms with Crippen molar-refractivity contribution in [2.75, 3.05) is 46.8 Å². The number of nitrogens with one attached hydrogen (secondary N) is 1. The molecule has 2 unspecified atom stereocenters. The monoisotopic (exact) mass is 351 g/mol. The Labute approximate surface area is 151 Å². The molecule has 7 heteroatoms. The molecule has 0 radical (unpaired) electrons. The van der Waals surface area contributed by atoms with E-state index in [-0.39, 0.29) is 18.4 Å². The van der Waals surface area contributed by atoms with Crippen LogP contribution < -0.4 is 5.32 Å². The summed E-state index contributed by atoms with van der Waals surface area (Å²) in [5.41, 5.74) is 0. The van der Waals surface area contributed by atoms with Crippen LogP contribution >= 0.6 is 0 Å². The highest BCUT2D eigenvalue weighted by Crippen LogP contribution is 2.24. The van der Waals surface area contributed by atoms with E-state index >= 15 is 0 Å². The van der Waals surface area contributed by atoms with Gasteiger partial charge in [-0.2, -0.15) is 0 Å². The lowest BCUT2D eigenvalue weighted by molar-refractivity contribution is -0.134. The van der Waals surface area contributed by atoms with Crippen molar-refractivity contribution in [2.24, 2.45) is 10.9 Å². The Morgan fingerprint density at radius 3 is 2.60 bits per heavy atom. The third kappa shape index (κ3) is 5.34. The molecule has 2 atom stereocenters. The molecule has 25 heavy (non-hydrogen) atoms. The van der Waals surface area contributed by atoms with Gasteiger partial charge in [0.2, 0.25) is 11.8 Å². The lowest BCUT2D eigenvalue weighted by atomic mass is 9.86. The lowest BCUT2D eigenvalue weighted by Crippen LogP contribution is -2.57. The highest BCUT2D eigenvalue weighted by atomic mass is 16.2. The van der Waals surface area contributed by atoms with Gasteiger partial charge in [-0.25, -0.2) is 4.99 Å². The Morgan fingerprint density at radius 2 is 2.00 bits per heavy atom. The molecule has 0 aromatic rings. The van der Waals surface area contributed by atoms with Crippen molar-refractivity contribution in [2.45, 2.75) is 45.6 Å². The molecule has 2 rings (SSSR count). The predicted molar refractivity (Wildman–Crippen MR) is 99.4 cm³/mol. The number of piperazine rings is 1. The van der Waals surface area contributed by atoms with Crippen molar-refractivity contribution >= 4 is 17.8 Å². The maximum Gasteiger partial charge on any atom is 0.243 e. The molecule has 2 amide bonds. The number of aliphatic imine (C=N–C) groups is 1. The van der Waals surface area contributed by atoms with Crippen molar-refractivity contribution in [3.05, 3.63) is 0 Å². The number of carbonyl (C=O) groups is 2. The summed E-state index contributed by atoms with van der Waals surface area (Å²) in [6, 6.07) is 0.362. The van der Waals surface area contributed by atoms with E-state index in [0.29, 0.717) is 31.0 Å². The quantitative estimate of drug-likeness (QED) is 0.600. The largest absolute Gasteiger partial charge is 0.353 e. The molecule has 1 saturated carbocycles. The minimum Gasteiger partial charge on any atom is -0.353 e. The molecule has 1 aliphatic heterocycles. The first kappa shape index (κ1) is 19.5. The molecule has 0 aromatic carbocycles. The summed E-state index contributed by atoms with van der Waals surface area (Å²) in [6.45, 7) is 6.90. The van der Waals surface area contributed by atoms with Gasteiger partial charge in [-0.05, 0) is 25.7 Å². The van der Waals surface area contributed by atoms with E-state index in [1.807, 2.05) is 16.7 Å². The smallest absolute Gasteiger partial charge is 0.243 e. The number of rotatable bonds is 4. The van der Waals surface area contributed by atoms with Gasteiger partial charge in [0, 0.05) is 39.8 Å².